The predicted octanol–water partition coefficient (Wildman–Crippen LogP) is 2.14. The van der Waals surface area contributed by atoms with Gasteiger partial charge in [-0.15, -0.1) is 0 Å². The van der Waals surface area contributed by atoms with Crippen molar-refractivity contribution >= 4 is 0 Å². The van der Waals surface area contributed by atoms with E-state index in [9.17, 15) is 0 Å². The molecule has 1 rings (SSSR count). The molecule has 0 N–H and O–H groups in total. The topological polar surface area (TPSA) is 12.5 Å². The lowest BCUT2D eigenvalue weighted by Gasteiger charge is -2.28. The molecule has 0 amide bonds. The first kappa shape index (κ1) is 11.0. The molecular formula is C11H23NO. The number of nitrogens with zero attached hydrogens (tertiary/aromatic N) is 1. The Morgan fingerprint density at radius 1 is 1.23 bits per heavy atom. The second kappa shape index (κ2) is 6.39. The summed E-state index contributed by atoms with van der Waals surface area (Å²) in [5, 5.41) is 0. The lowest BCUT2D eigenvalue weighted by Crippen LogP contribution is -2.30. The molecule has 0 aromatic heterocycles. The van der Waals surface area contributed by atoms with Gasteiger partial charge in [0.15, 0.2) is 0 Å². The van der Waals surface area contributed by atoms with E-state index in [0.29, 0.717) is 0 Å². The average Bonchev–Trinajstić information content (AvgIpc) is 2.15. The highest BCUT2D eigenvalue weighted by molar-refractivity contribution is 4.69. The maximum Gasteiger partial charge on any atom is 0.0468 e. The van der Waals surface area contributed by atoms with E-state index in [1.54, 1.807) is 0 Å². The van der Waals surface area contributed by atoms with Gasteiger partial charge in [-0.25, -0.2) is 0 Å². The maximum atomic E-state index is 5.50. The van der Waals surface area contributed by atoms with Gasteiger partial charge in [-0.3, -0.25) is 0 Å². The zero-order valence-electron chi connectivity index (χ0n) is 9.09. The summed E-state index contributed by atoms with van der Waals surface area (Å²) in [4.78, 5) is 2.42. The monoisotopic (exact) mass is 185 g/mol. The molecule has 2 heteroatoms. The van der Waals surface area contributed by atoms with Crippen LogP contribution in [0.1, 0.15) is 32.6 Å². The molecule has 0 unspecified atom stereocenters. The Bertz CT molecular complexity index is 119. The van der Waals surface area contributed by atoms with Crippen LogP contribution in [0.5, 0.6) is 0 Å². The summed E-state index contributed by atoms with van der Waals surface area (Å²) in [7, 11) is 2.21. The van der Waals surface area contributed by atoms with E-state index in [2.05, 4.69) is 18.9 Å². The Hall–Kier alpha value is -0.0800. The molecule has 0 radical (unpaired) electrons. The lowest BCUT2D eigenvalue weighted by molar-refractivity contribution is 0.106. The standard InChI is InChI=1S/C11H23NO/c1-3-9-13-10-6-11-4-7-12(2)8-5-11/h11H,3-10H2,1-2H3. The van der Waals surface area contributed by atoms with Gasteiger partial charge in [-0.05, 0) is 51.7 Å². The third kappa shape index (κ3) is 4.63. The SMILES string of the molecule is CCCOCCC1CCN(C)CC1. The van der Waals surface area contributed by atoms with Crippen LogP contribution >= 0.6 is 0 Å². The average molecular weight is 185 g/mol. The lowest BCUT2D eigenvalue weighted by atomic mass is 9.94. The zero-order chi connectivity index (χ0) is 9.52. The largest absolute Gasteiger partial charge is 0.381 e. The van der Waals surface area contributed by atoms with E-state index in [1.807, 2.05) is 0 Å². The summed E-state index contributed by atoms with van der Waals surface area (Å²) in [5.41, 5.74) is 0. The van der Waals surface area contributed by atoms with Crippen LogP contribution in [0.25, 0.3) is 0 Å². The normalized spacial score (nSPS) is 20.8. The van der Waals surface area contributed by atoms with Crippen molar-refractivity contribution in [2.75, 3.05) is 33.4 Å². The highest BCUT2D eigenvalue weighted by atomic mass is 16.5. The van der Waals surface area contributed by atoms with E-state index in [4.69, 9.17) is 4.74 Å². The second-order valence-electron chi connectivity index (χ2n) is 4.15. The second-order valence-corrected chi connectivity index (χ2v) is 4.15. The third-order valence-electron chi connectivity index (χ3n) is 2.86. The van der Waals surface area contributed by atoms with Crippen molar-refractivity contribution < 1.29 is 4.74 Å². The summed E-state index contributed by atoms with van der Waals surface area (Å²) in [6.45, 7) is 6.63. The minimum atomic E-state index is 0.924. The molecule has 1 saturated heterocycles. The summed E-state index contributed by atoms with van der Waals surface area (Å²) >= 11 is 0. The van der Waals surface area contributed by atoms with Crippen molar-refractivity contribution in [1.82, 2.24) is 4.90 Å². The summed E-state index contributed by atoms with van der Waals surface area (Å²) in [6.07, 6.45) is 5.15. The molecule has 2 nitrogen and oxygen atoms in total. The van der Waals surface area contributed by atoms with Gasteiger partial charge in [-0.1, -0.05) is 6.92 Å². The van der Waals surface area contributed by atoms with Gasteiger partial charge < -0.3 is 9.64 Å². The van der Waals surface area contributed by atoms with Gasteiger partial charge >= 0.3 is 0 Å². The highest BCUT2D eigenvalue weighted by Crippen LogP contribution is 2.19. The van der Waals surface area contributed by atoms with E-state index in [0.717, 1.165) is 25.6 Å². The quantitative estimate of drug-likeness (QED) is 0.608. The number of hydrogen-bond donors (Lipinski definition) is 0. The van der Waals surface area contributed by atoms with Crippen molar-refractivity contribution in [3.63, 3.8) is 0 Å². The van der Waals surface area contributed by atoms with Gasteiger partial charge in [0.1, 0.15) is 0 Å². The number of likely N-dealkylation sites (tertiary alicyclic amines) is 1. The fraction of sp³-hybridized carbons (Fsp3) is 1.00. The highest BCUT2D eigenvalue weighted by Gasteiger charge is 2.15. The number of hydrogen-bond acceptors (Lipinski definition) is 2. The van der Waals surface area contributed by atoms with E-state index in [1.165, 1.54) is 32.4 Å². The van der Waals surface area contributed by atoms with Crippen LogP contribution in [-0.2, 0) is 4.74 Å². The van der Waals surface area contributed by atoms with Gasteiger partial charge in [0.2, 0.25) is 0 Å². The van der Waals surface area contributed by atoms with Crippen LogP contribution in [0.4, 0.5) is 0 Å². The molecule has 13 heavy (non-hydrogen) atoms. The molecule has 1 fully saturated rings. The molecular weight excluding hydrogens is 162 g/mol. The summed E-state index contributed by atoms with van der Waals surface area (Å²) in [6, 6.07) is 0. The van der Waals surface area contributed by atoms with Crippen LogP contribution < -0.4 is 0 Å². The Morgan fingerprint density at radius 2 is 1.92 bits per heavy atom. The smallest absolute Gasteiger partial charge is 0.0468 e. The first-order valence-corrected chi connectivity index (χ1v) is 5.59. The van der Waals surface area contributed by atoms with Crippen LogP contribution in [-0.4, -0.2) is 38.3 Å². The molecule has 1 heterocycles. The minimum Gasteiger partial charge on any atom is -0.381 e. The van der Waals surface area contributed by atoms with E-state index >= 15 is 0 Å². The fourth-order valence-corrected chi connectivity index (χ4v) is 1.85. The Balaban J connectivity index is 1.96. The van der Waals surface area contributed by atoms with E-state index < -0.39 is 0 Å². The van der Waals surface area contributed by atoms with Gasteiger partial charge in [0.05, 0.1) is 0 Å². The number of rotatable bonds is 5. The van der Waals surface area contributed by atoms with Gasteiger partial charge in [0.25, 0.3) is 0 Å². The van der Waals surface area contributed by atoms with Crippen LogP contribution in [0.15, 0.2) is 0 Å². The van der Waals surface area contributed by atoms with Crippen molar-refractivity contribution in [2.24, 2.45) is 5.92 Å². The Labute approximate surface area is 82.3 Å². The number of piperidine rings is 1. The molecule has 0 bridgehead atoms. The van der Waals surface area contributed by atoms with Crippen LogP contribution in [0, 0.1) is 5.92 Å². The summed E-state index contributed by atoms with van der Waals surface area (Å²) in [5.74, 6) is 0.924. The van der Waals surface area contributed by atoms with Crippen molar-refractivity contribution in [2.45, 2.75) is 32.6 Å². The number of ether oxygens (including phenoxy) is 1. The van der Waals surface area contributed by atoms with Crippen molar-refractivity contribution in [1.29, 1.82) is 0 Å². The molecule has 1 aliphatic rings. The van der Waals surface area contributed by atoms with Crippen molar-refractivity contribution in [3.05, 3.63) is 0 Å². The molecule has 0 aromatic rings. The molecule has 0 atom stereocenters. The van der Waals surface area contributed by atoms with Crippen molar-refractivity contribution in [3.8, 4) is 0 Å². The maximum absolute atomic E-state index is 5.50. The molecule has 0 spiro atoms. The Morgan fingerprint density at radius 3 is 2.54 bits per heavy atom. The minimum absolute atomic E-state index is 0.924. The first-order chi connectivity index (χ1) is 6.33. The molecule has 0 aromatic carbocycles. The van der Waals surface area contributed by atoms with Crippen LogP contribution in [0.3, 0.4) is 0 Å². The molecule has 0 aliphatic carbocycles. The van der Waals surface area contributed by atoms with Gasteiger partial charge in [0, 0.05) is 13.2 Å². The predicted molar refractivity (Wildman–Crippen MR) is 55.9 cm³/mol. The fourth-order valence-electron chi connectivity index (χ4n) is 1.85. The Kier molecular flexibility index (Phi) is 5.40. The molecule has 78 valence electrons. The molecule has 0 saturated carbocycles. The van der Waals surface area contributed by atoms with Crippen LogP contribution in [0.2, 0.25) is 0 Å². The third-order valence-corrected chi connectivity index (χ3v) is 2.86. The zero-order valence-corrected chi connectivity index (χ0v) is 9.09. The molecule has 1 aliphatic heterocycles. The summed E-state index contributed by atoms with van der Waals surface area (Å²) < 4.78 is 5.50. The van der Waals surface area contributed by atoms with Gasteiger partial charge in [-0.2, -0.15) is 0 Å². The van der Waals surface area contributed by atoms with E-state index in [-0.39, 0.29) is 0 Å². The first-order valence-electron chi connectivity index (χ1n) is 5.59.